The summed E-state index contributed by atoms with van der Waals surface area (Å²) in [6, 6.07) is 5.19. The van der Waals surface area contributed by atoms with Crippen LogP contribution in [0.2, 0.25) is 0 Å². The second kappa shape index (κ2) is 3.68. The Hall–Kier alpha value is -1.91. The van der Waals surface area contributed by atoms with Gasteiger partial charge in [0.05, 0.1) is 25.0 Å². The van der Waals surface area contributed by atoms with Gasteiger partial charge in [0, 0.05) is 6.07 Å². The Balaban J connectivity index is 2.32. The summed E-state index contributed by atoms with van der Waals surface area (Å²) < 4.78 is 9.86. The van der Waals surface area contributed by atoms with Crippen LogP contribution in [0, 0.1) is 0 Å². The molecule has 1 saturated heterocycles. The Morgan fingerprint density at radius 2 is 2.33 bits per heavy atom. The number of hydrogen-bond donors (Lipinski definition) is 1. The number of carbonyl (C=O) groups excluding carboxylic acids is 1. The van der Waals surface area contributed by atoms with E-state index in [9.17, 15) is 4.79 Å². The number of amides is 1. The van der Waals surface area contributed by atoms with E-state index >= 15 is 0 Å². The summed E-state index contributed by atoms with van der Waals surface area (Å²) >= 11 is 0. The molecule has 1 aliphatic rings. The maximum Gasteiger partial charge on any atom is 0.414 e. The minimum atomic E-state index is -0.355. The van der Waals surface area contributed by atoms with Crippen LogP contribution in [-0.2, 0) is 4.74 Å². The Labute approximate surface area is 87.4 Å². The van der Waals surface area contributed by atoms with E-state index < -0.39 is 0 Å². The Bertz CT molecular complexity index is 392. The first-order valence-corrected chi connectivity index (χ1v) is 4.60. The highest BCUT2D eigenvalue weighted by Gasteiger charge is 2.25. The molecular formula is C10H12N2O3. The molecule has 0 bridgehead atoms. The van der Waals surface area contributed by atoms with E-state index in [1.807, 2.05) is 0 Å². The van der Waals surface area contributed by atoms with Crippen molar-refractivity contribution in [3.05, 3.63) is 18.2 Å². The molecule has 0 spiro atoms. The molecule has 5 heteroatoms. The fourth-order valence-electron chi connectivity index (χ4n) is 1.52. The molecule has 2 rings (SSSR count). The highest BCUT2D eigenvalue weighted by atomic mass is 16.6. The number of nitrogens with two attached hydrogens (primary N) is 1. The van der Waals surface area contributed by atoms with Crippen LogP contribution in [0.25, 0.3) is 0 Å². The summed E-state index contributed by atoms with van der Waals surface area (Å²) in [6.07, 6.45) is -0.355. The molecule has 0 saturated carbocycles. The number of anilines is 2. The molecule has 1 fully saturated rings. The molecule has 1 amide bonds. The van der Waals surface area contributed by atoms with Crippen LogP contribution in [-0.4, -0.2) is 26.4 Å². The zero-order valence-electron chi connectivity index (χ0n) is 8.40. The second-order valence-corrected chi connectivity index (χ2v) is 3.19. The monoisotopic (exact) mass is 208 g/mol. The minimum Gasteiger partial charge on any atom is -0.497 e. The molecule has 1 aromatic carbocycles. The lowest BCUT2D eigenvalue weighted by molar-refractivity contribution is 0.181. The van der Waals surface area contributed by atoms with Crippen molar-refractivity contribution < 1.29 is 14.3 Å². The molecule has 1 heterocycles. The van der Waals surface area contributed by atoms with E-state index in [1.165, 1.54) is 4.90 Å². The molecule has 15 heavy (non-hydrogen) atoms. The van der Waals surface area contributed by atoms with Gasteiger partial charge in [0.25, 0.3) is 0 Å². The Kier molecular flexibility index (Phi) is 2.37. The van der Waals surface area contributed by atoms with E-state index in [-0.39, 0.29) is 6.09 Å². The summed E-state index contributed by atoms with van der Waals surface area (Å²) in [7, 11) is 1.57. The molecule has 0 atom stereocenters. The maximum atomic E-state index is 11.3. The summed E-state index contributed by atoms with van der Waals surface area (Å²) in [5, 5.41) is 0. The SMILES string of the molecule is COc1ccc(N2CCOC2=O)c(N)c1. The van der Waals surface area contributed by atoms with Gasteiger partial charge in [-0.1, -0.05) is 0 Å². The molecule has 0 aromatic heterocycles. The van der Waals surface area contributed by atoms with Crippen molar-refractivity contribution in [1.29, 1.82) is 0 Å². The number of methoxy groups -OCH3 is 1. The summed E-state index contributed by atoms with van der Waals surface area (Å²) in [5.74, 6) is 0.670. The summed E-state index contributed by atoms with van der Waals surface area (Å²) in [5.41, 5.74) is 6.98. The second-order valence-electron chi connectivity index (χ2n) is 3.19. The van der Waals surface area contributed by atoms with Gasteiger partial charge in [-0.3, -0.25) is 4.90 Å². The first-order chi connectivity index (χ1) is 7.22. The molecular weight excluding hydrogens is 196 g/mol. The van der Waals surface area contributed by atoms with E-state index in [0.717, 1.165) is 0 Å². The molecule has 2 N–H and O–H groups in total. The third kappa shape index (κ3) is 1.68. The zero-order chi connectivity index (χ0) is 10.8. The van der Waals surface area contributed by atoms with Crippen molar-refractivity contribution in [3.8, 4) is 5.75 Å². The molecule has 0 aliphatic carbocycles. The highest BCUT2D eigenvalue weighted by Crippen LogP contribution is 2.29. The molecule has 1 aliphatic heterocycles. The van der Waals surface area contributed by atoms with E-state index in [2.05, 4.69) is 0 Å². The number of hydrogen-bond acceptors (Lipinski definition) is 4. The van der Waals surface area contributed by atoms with E-state index in [0.29, 0.717) is 30.3 Å². The van der Waals surface area contributed by atoms with E-state index in [1.54, 1.807) is 25.3 Å². The zero-order valence-corrected chi connectivity index (χ0v) is 8.40. The minimum absolute atomic E-state index is 0.355. The number of cyclic esters (lactones) is 1. The number of ether oxygens (including phenoxy) is 2. The average Bonchev–Trinajstić information content (AvgIpc) is 2.64. The predicted octanol–water partition coefficient (Wildman–Crippen LogP) is 1.23. The van der Waals surface area contributed by atoms with Gasteiger partial charge in [-0.05, 0) is 12.1 Å². The third-order valence-electron chi connectivity index (χ3n) is 2.29. The molecule has 1 aromatic rings. The van der Waals surface area contributed by atoms with Gasteiger partial charge in [0.2, 0.25) is 0 Å². The quantitative estimate of drug-likeness (QED) is 0.742. The number of carbonyl (C=O) groups is 1. The fraction of sp³-hybridized carbons (Fsp3) is 0.300. The Morgan fingerprint density at radius 1 is 1.53 bits per heavy atom. The van der Waals surface area contributed by atoms with Gasteiger partial charge in [0.1, 0.15) is 12.4 Å². The van der Waals surface area contributed by atoms with Gasteiger partial charge in [-0.25, -0.2) is 4.79 Å². The van der Waals surface area contributed by atoms with Gasteiger partial charge in [-0.2, -0.15) is 0 Å². The van der Waals surface area contributed by atoms with Gasteiger partial charge in [-0.15, -0.1) is 0 Å². The number of nitrogens with zero attached hydrogens (tertiary/aromatic N) is 1. The highest BCUT2D eigenvalue weighted by molar-refractivity contribution is 5.93. The number of benzene rings is 1. The number of nitrogen functional groups attached to an aromatic ring is 1. The van der Waals surface area contributed by atoms with Gasteiger partial charge >= 0.3 is 6.09 Å². The fourth-order valence-corrected chi connectivity index (χ4v) is 1.52. The smallest absolute Gasteiger partial charge is 0.414 e. The normalized spacial score (nSPS) is 15.3. The van der Waals surface area contributed by atoms with Crippen molar-refractivity contribution in [1.82, 2.24) is 0 Å². The summed E-state index contributed by atoms with van der Waals surface area (Å²) in [4.78, 5) is 12.8. The van der Waals surface area contributed by atoms with Crippen molar-refractivity contribution in [3.63, 3.8) is 0 Å². The summed E-state index contributed by atoms with van der Waals surface area (Å²) in [6.45, 7) is 0.944. The van der Waals surface area contributed by atoms with Crippen LogP contribution in [0.3, 0.4) is 0 Å². The third-order valence-corrected chi connectivity index (χ3v) is 2.29. The lowest BCUT2D eigenvalue weighted by Crippen LogP contribution is -2.24. The van der Waals surface area contributed by atoms with Crippen LogP contribution in [0.1, 0.15) is 0 Å². The van der Waals surface area contributed by atoms with Crippen molar-refractivity contribution >= 4 is 17.5 Å². The van der Waals surface area contributed by atoms with Crippen molar-refractivity contribution in [2.75, 3.05) is 30.9 Å². The lowest BCUT2D eigenvalue weighted by atomic mass is 10.2. The maximum absolute atomic E-state index is 11.3. The van der Waals surface area contributed by atoms with Crippen LogP contribution < -0.4 is 15.4 Å². The molecule has 0 radical (unpaired) electrons. The molecule has 80 valence electrons. The van der Waals surface area contributed by atoms with Gasteiger partial charge < -0.3 is 15.2 Å². The van der Waals surface area contributed by atoms with Crippen molar-refractivity contribution in [2.45, 2.75) is 0 Å². The largest absolute Gasteiger partial charge is 0.497 e. The van der Waals surface area contributed by atoms with Crippen LogP contribution in [0.15, 0.2) is 18.2 Å². The Morgan fingerprint density at radius 3 is 2.87 bits per heavy atom. The van der Waals surface area contributed by atoms with Crippen LogP contribution in [0.4, 0.5) is 16.2 Å². The van der Waals surface area contributed by atoms with Crippen LogP contribution >= 0.6 is 0 Å². The molecule has 5 nitrogen and oxygen atoms in total. The van der Waals surface area contributed by atoms with Crippen LogP contribution in [0.5, 0.6) is 5.75 Å². The predicted molar refractivity (Wildman–Crippen MR) is 56.1 cm³/mol. The molecule has 0 unspecified atom stereocenters. The topological polar surface area (TPSA) is 64.8 Å². The van der Waals surface area contributed by atoms with Crippen molar-refractivity contribution in [2.24, 2.45) is 0 Å². The number of rotatable bonds is 2. The standard InChI is InChI=1S/C10H12N2O3/c1-14-7-2-3-9(8(11)6-7)12-4-5-15-10(12)13/h2-3,6H,4-5,11H2,1H3. The first-order valence-electron chi connectivity index (χ1n) is 4.60. The lowest BCUT2D eigenvalue weighted by Gasteiger charge is -2.15. The van der Waals surface area contributed by atoms with E-state index in [4.69, 9.17) is 15.2 Å². The average molecular weight is 208 g/mol. The van der Waals surface area contributed by atoms with Gasteiger partial charge in [0.15, 0.2) is 0 Å². The first kappa shape index (κ1) is 9.64.